The van der Waals surface area contributed by atoms with Gasteiger partial charge >= 0.3 is 132 Å². The van der Waals surface area contributed by atoms with Gasteiger partial charge in [-0.05, 0) is 38.5 Å². The van der Waals surface area contributed by atoms with Crippen LogP contribution in [-0.2, 0) is 0 Å². The summed E-state index contributed by atoms with van der Waals surface area (Å²) in [4.78, 5) is 16.5. The SMILES string of the molecule is CCCCCCCC[N+](C)(CCCCCCCC)CCCCCCCC.O=[N+]([O-])[O-].O=[N+]([O-])[O-].[K+].[K+].[Na+].[O-][Cl+2]([O-])[O-].[O-][Cl+2]([O-])[O-]. The summed E-state index contributed by atoms with van der Waals surface area (Å²) in [5.74, 6) is 0. The molecule has 20 heteroatoms. The zero-order chi connectivity index (χ0) is 33.7. The fourth-order valence-corrected chi connectivity index (χ4v) is 4.16. The second-order valence-electron chi connectivity index (χ2n) is 9.92. The van der Waals surface area contributed by atoms with E-state index < -0.39 is 31.7 Å². The first-order chi connectivity index (χ1) is 19.6. The van der Waals surface area contributed by atoms with E-state index in [0.29, 0.717) is 0 Å². The van der Waals surface area contributed by atoms with Crippen molar-refractivity contribution in [2.45, 2.75) is 136 Å². The van der Waals surface area contributed by atoms with Crippen LogP contribution in [0.15, 0.2) is 0 Å². The fourth-order valence-electron chi connectivity index (χ4n) is 4.16. The van der Waals surface area contributed by atoms with Gasteiger partial charge < -0.3 is 63.1 Å². The molecule has 0 aliphatic rings. The molecule has 0 heterocycles. The smallest absolute Gasteiger partial charge is 0.357 e. The van der Waals surface area contributed by atoms with Crippen LogP contribution in [0.1, 0.15) is 136 Å². The maximum Gasteiger partial charge on any atom is 1.00 e. The van der Waals surface area contributed by atoms with Crippen molar-refractivity contribution in [1.82, 2.24) is 0 Å². The van der Waals surface area contributed by atoms with E-state index in [1.165, 1.54) is 140 Å². The molecule has 0 saturated heterocycles. The van der Waals surface area contributed by atoms with Crippen molar-refractivity contribution in [3.8, 4) is 0 Å². The Kier molecular flexibility index (Phi) is 83.0. The van der Waals surface area contributed by atoms with Gasteiger partial charge in [0.05, 0.1) is 58.4 Å². The first-order valence-electron chi connectivity index (χ1n) is 14.5. The fraction of sp³-hybridized carbons (Fsp3) is 1.00. The Labute approximate surface area is 384 Å². The van der Waals surface area contributed by atoms with Crippen LogP contribution in [0.5, 0.6) is 0 Å². The van der Waals surface area contributed by atoms with Crippen LogP contribution in [0.25, 0.3) is 0 Å². The molecular formula is C25H54Cl2K2N3NaO12. The van der Waals surface area contributed by atoms with Gasteiger partial charge in [-0.25, -0.2) is 0 Å². The summed E-state index contributed by atoms with van der Waals surface area (Å²) in [5.41, 5.74) is 0. The summed E-state index contributed by atoms with van der Waals surface area (Å²) >= 11 is 0. The third kappa shape index (κ3) is 106. The van der Waals surface area contributed by atoms with Crippen LogP contribution >= 0.6 is 0 Å². The first-order valence-corrected chi connectivity index (χ1v) is 16.4. The Morgan fingerprint density at radius 3 is 0.733 bits per heavy atom. The van der Waals surface area contributed by atoms with Gasteiger partial charge in [-0.2, -0.15) is 0 Å². The molecule has 0 saturated carbocycles. The zero-order valence-electron chi connectivity index (χ0n) is 28.8. The second-order valence-corrected chi connectivity index (χ2v) is 10.7. The predicted octanol–water partition coefficient (Wildman–Crippen LogP) is -8.09. The first kappa shape index (κ1) is 66.2. The average Bonchev–Trinajstić information content (AvgIpc) is 2.84. The maximum absolute atomic E-state index is 8.41. The largest absolute Gasteiger partial charge is 1.00 e. The Hall–Kier alpha value is 2.97. The second kappa shape index (κ2) is 56.4. The van der Waals surface area contributed by atoms with Crippen LogP contribution in [0.4, 0.5) is 0 Å². The molecule has 0 fully saturated rings. The molecule has 258 valence electrons. The van der Waals surface area contributed by atoms with E-state index in [4.69, 9.17) is 58.6 Å². The van der Waals surface area contributed by atoms with Gasteiger partial charge in [0.1, 0.15) is 0 Å². The summed E-state index contributed by atoms with van der Waals surface area (Å²) < 4.78 is 51.8. The van der Waals surface area contributed by atoms with Crippen molar-refractivity contribution in [2.75, 3.05) is 26.7 Å². The normalized spacial score (nSPS) is 9.60. The molecule has 0 aliphatic heterocycles. The van der Waals surface area contributed by atoms with Crippen LogP contribution < -0.4 is 160 Å². The van der Waals surface area contributed by atoms with Crippen LogP contribution in [-0.4, -0.2) is 41.3 Å². The molecule has 0 N–H and O–H groups in total. The molecule has 45 heavy (non-hydrogen) atoms. The van der Waals surface area contributed by atoms with Crippen molar-refractivity contribution in [3.63, 3.8) is 0 Å². The van der Waals surface area contributed by atoms with Crippen molar-refractivity contribution < 1.29 is 197 Å². The minimum absolute atomic E-state index is 0. The molecule has 0 unspecified atom stereocenters. The molecule has 0 spiro atoms. The number of unbranched alkanes of at least 4 members (excludes halogenated alkanes) is 15. The number of hydrogen-bond donors (Lipinski definition) is 0. The van der Waals surface area contributed by atoms with E-state index in [-0.39, 0.29) is 132 Å². The summed E-state index contributed by atoms with van der Waals surface area (Å²) in [6.07, 6.45) is 25.9. The van der Waals surface area contributed by atoms with Gasteiger partial charge in [0.2, 0.25) is 0 Å². The predicted molar refractivity (Wildman–Crippen MR) is 142 cm³/mol. The zero-order valence-corrected chi connectivity index (χ0v) is 38.6. The van der Waals surface area contributed by atoms with E-state index in [2.05, 4.69) is 27.8 Å². The molecule has 0 aromatic carbocycles. The molecule has 0 amide bonds. The van der Waals surface area contributed by atoms with Gasteiger partial charge in [-0.1, -0.05) is 97.8 Å². The number of rotatable bonds is 21. The van der Waals surface area contributed by atoms with Crippen LogP contribution in [0.2, 0.25) is 0 Å². The van der Waals surface area contributed by atoms with Gasteiger partial charge in [-0.3, -0.25) is 0 Å². The minimum atomic E-state index is -2.85. The van der Waals surface area contributed by atoms with E-state index in [0.717, 1.165) is 0 Å². The topological polar surface area (TPSA) is 271 Å². The molecule has 0 aromatic heterocycles. The summed E-state index contributed by atoms with van der Waals surface area (Å²) in [7, 11) is -3.14. The van der Waals surface area contributed by atoms with E-state index >= 15 is 0 Å². The quantitative estimate of drug-likeness (QED) is 0.0347. The van der Waals surface area contributed by atoms with Gasteiger partial charge in [0, 0.05) is 0 Å². The molecule has 0 atom stereocenters. The van der Waals surface area contributed by atoms with Crippen molar-refractivity contribution in [2.24, 2.45) is 0 Å². The molecular weight excluding hydrogens is 706 g/mol. The van der Waals surface area contributed by atoms with E-state index in [1.54, 1.807) is 0 Å². The third-order valence-corrected chi connectivity index (χ3v) is 6.15. The summed E-state index contributed by atoms with van der Waals surface area (Å²) in [5, 5.41) is 29.5. The van der Waals surface area contributed by atoms with Crippen molar-refractivity contribution in [3.05, 3.63) is 30.6 Å². The van der Waals surface area contributed by atoms with E-state index in [9.17, 15) is 0 Å². The standard InChI is InChI=1S/C25H54N.2ClO3.2K.2NO3.Na/c1-5-8-11-14-17-20-23-26(4,24-21-18-15-12-9-6-2)25-22-19-16-13-10-7-3;2*2-1(3)4;;;2*2-1(3)4;/h5-25H2,1-4H3;;;;;;;/q+1;2*-1;2*+1;2*-1;+1. The number of quaternary nitrogens is 1. The monoisotopic (exact) mass is 759 g/mol. The maximum atomic E-state index is 8.41. The Balaban J connectivity index is -0.0000000992. The number of halogens is 2. The molecule has 0 bridgehead atoms. The number of hydrogen-bond acceptors (Lipinski definition) is 12. The molecule has 0 radical (unpaired) electrons. The molecule has 0 aromatic rings. The van der Waals surface area contributed by atoms with Crippen LogP contribution in [0, 0.1) is 52.2 Å². The van der Waals surface area contributed by atoms with Gasteiger partial charge in [0.25, 0.3) is 0 Å². The van der Waals surface area contributed by atoms with E-state index in [1.807, 2.05) is 0 Å². The Morgan fingerprint density at radius 1 is 0.444 bits per heavy atom. The Bertz CT molecular complexity index is 487. The van der Waals surface area contributed by atoms with Gasteiger partial charge in [-0.15, -0.1) is 0 Å². The third-order valence-electron chi connectivity index (χ3n) is 6.15. The van der Waals surface area contributed by atoms with Gasteiger partial charge in [0.15, 0.2) is 0 Å². The van der Waals surface area contributed by atoms with Crippen molar-refractivity contribution in [1.29, 1.82) is 0 Å². The average molecular weight is 761 g/mol. The Morgan fingerprint density at radius 2 is 0.578 bits per heavy atom. The number of nitrogens with zero attached hydrogens (tertiary/aromatic N) is 3. The summed E-state index contributed by atoms with van der Waals surface area (Å²) in [6.45, 7) is 11.2. The molecule has 15 nitrogen and oxygen atoms in total. The van der Waals surface area contributed by atoms with Crippen molar-refractivity contribution >= 4 is 0 Å². The van der Waals surface area contributed by atoms with Crippen LogP contribution in [0.3, 0.4) is 0 Å². The summed E-state index contributed by atoms with van der Waals surface area (Å²) in [6, 6.07) is 0. The minimum Gasteiger partial charge on any atom is -0.357 e. The molecule has 0 aliphatic carbocycles. The molecule has 0 rings (SSSR count).